The fourth-order valence-corrected chi connectivity index (χ4v) is 4.39. The van der Waals surface area contributed by atoms with Crippen molar-refractivity contribution in [3.8, 4) is 0 Å². The number of amides is 1. The minimum absolute atomic E-state index is 0.0857. The molecule has 6 heteroatoms. The second-order valence-corrected chi connectivity index (χ2v) is 7.12. The SMILES string of the molecule is CON1C(=O)C(c2c(C)cccc2C)=C(O)C12CCC(OC)(OC)CC2. The van der Waals surface area contributed by atoms with Gasteiger partial charge in [-0.05, 0) is 43.4 Å². The molecule has 1 saturated carbocycles. The van der Waals surface area contributed by atoms with Crippen molar-refractivity contribution in [3.63, 3.8) is 0 Å². The Morgan fingerprint density at radius 3 is 2.00 bits per heavy atom. The number of methoxy groups -OCH3 is 2. The largest absolute Gasteiger partial charge is 0.509 e. The van der Waals surface area contributed by atoms with Crippen LogP contribution in [0, 0.1) is 13.8 Å². The number of ether oxygens (including phenoxy) is 2. The van der Waals surface area contributed by atoms with Gasteiger partial charge in [0.05, 0.1) is 12.7 Å². The third kappa shape index (κ3) is 2.55. The Labute approximate surface area is 154 Å². The first-order valence-electron chi connectivity index (χ1n) is 8.85. The normalized spacial score (nSPS) is 21.7. The molecule has 1 aromatic carbocycles. The van der Waals surface area contributed by atoms with E-state index < -0.39 is 11.3 Å². The van der Waals surface area contributed by atoms with E-state index in [9.17, 15) is 9.90 Å². The van der Waals surface area contributed by atoms with E-state index >= 15 is 0 Å². The topological polar surface area (TPSA) is 68.2 Å². The number of aryl methyl sites for hydroxylation is 2. The van der Waals surface area contributed by atoms with Crippen LogP contribution < -0.4 is 0 Å². The molecule has 0 bridgehead atoms. The lowest BCUT2D eigenvalue weighted by atomic mass is 9.77. The number of carbonyl (C=O) groups is 1. The van der Waals surface area contributed by atoms with E-state index in [4.69, 9.17) is 14.3 Å². The molecular weight excluding hydrogens is 334 g/mol. The molecule has 2 aliphatic rings. The standard InChI is InChI=1S/C20H27NO5/c1-13-7-6-8-14(2)15(13)16-17(22)19(21(26-5)18(16)23)9-11-20(24-3,25-4)12-10-19/h6-8,22H,9-12H2,1-5H3. The van der Waals surface area contributed by atoms with Gasteiger partial charge in [0.15, 0.2) is 5.79 Å². The van der Waals surface area contributed by atoms with Gasteiger partial charge >= 0.3 is 0 Å². The Morgan fingerprint density at radius 1 is 1.00 bits per heavy atom. The maximum Gasteiger partial charge on any atom is 0.282 e. The molecule has 1 amide bonds. The molecule has 1 heterocycles. The number of benzene rings is 1. The number of hydrogen-bond acceptors (Lipinski definition) is 5. The van der Waals surface area contributed by atoms with Gasteiger partial charge in [-0.3, -0.25) is 9.63 Å². The Bertz CT molecular complexity index is 720. The predicted octanol–water partition coefficient (Wildman–Crippen LogP) is 3.28. The average molecular weight is 361 g/mol. The first kappa shape index (κ1) is 18.9. The van der Waals surface area contributed by atoms with Crippen LogP contribution in [0.2, 0.25) is 0 Å². The highest BCUT2D eigenvalue weighted by Gasteiger charge is 2.57. The summed E-state index contributed by atoms with van der Waals surface area (Å²) < 4.78 is 11.1. The zero-order valence-corrected chi connectivity index (χ0v) is 16.1. The first-order valence-corrected chi connectivity index (χ1v) is 8.85. The maximum atomic E-state index is 13.1. The second-order valence-electron chi connectivity index (χ2n) is 7.12. The molecule has 142 valence electrons. The van der Waals surface area contributed by atoms with Crippen molar-refractivity contribution in [1.82, 2.24) is 5.06 Å². The summed E-state index contributed by atoms with van der Waals surface area (Å²) in [6.45, 7) is 3.89. The van der Waals surface area contributed by atoms with Crippen LogP contribution in [0.15, 0.2) is 24.0 Å². The van der Waals surface area contributed by atoms with Crippen LogP contribution >= 0.6 is 0 Å². The van der Waals surface area contributed by atoms with Gasteiger partial charge in [-0.1, -0.05) is 18.2 Å². The second kappa shape index (κ2) is 6.68. The predicted molar refractivity (Wildman–Crippen MR) is 97.3 cm³/mol. The van der Waals surface area contributed by atoms with Crippen molar-refractivity contribution in [2.24, 2.45) is 0 Å². The van der Waals surface area contributed by atoms with Crippen molar-refractivity contribution in [2.45, 2.75) is 50.9 Å². The highest BCUT2D eigenvalue weighted by molar-refractivity contribution is 6.23. The van der Waals surface area contributed by atoms with Crippen molar-refractivity contribution in [1.29, 1.82) is 0 Å². The molecule has 1 fully saturated rings. The number of carbonyl (C=O) groups excluding carboxylic acids is 1. The summed E-state index contributed by atoms with van der Waals surface area (Å²) in [5, 5.41) is 12.5. The Balaban J connectivity index is 2.09. The van der Waals surface area contributed by atoms with E-state index in [-0.39, 0.29) is 11.7 Å². The lowest BCUT2D eigenvalue weighted by molar-refractivity contribution is -0.254. The van der Waals surface area contributed by atoms with Crippen LogP contribution in [0.25, 0.3) is 5.57 Å². The molecule has 0 aromatic heterocycles. The highest BCUT2D eigenvalue weighted by atomic mass is 16.7. The summed E-state index contributed by atoms with van der Waals surface area (Å²) >= 11 is 0. The van der Waals surface area contributed by atoms with Gasteiger partial charge < -0.3 is 14.6 Å². The van der Waals surface area contributed by atoms with Gasteiger partial charge in [0, 0.05) is 27.1 Å². The summed E-state index contributed by atoms with van der Waals surface area (Å²) in [5.41, 5.74) is 2.14. The zero-order chi connectivity index (χ0) is 19.1. The minimum Gasteiger partial charge on any atom is -0.509 e. The third-order valence-electron chi connectivity index (χ3n) is 5.96. The summed E-state index contributed by atoms with van der Waals surface area (Å²) in [6.07, 6.45) is 2.09. The fourth-order valence-electron chi connectivity index (χ4n) is 4.39. The average Bonchev–Trinajstić information content (AvgIpc) is 2.84. The van der Waals surface area contributed by atoms with Gasteiger partial charge in [-0.2, -0.15) is 0 Å². The highest BCUT2D eigenvalue weighted by Crippen LogP contribution is 2.50. The van der Waals surface area contributed by atoms with E-state index in [0.29, 0.717) is 31.3 Å². The van der Waals surface area contributed by atoms with E-state index in [1.807, 2.05) is 32.0 Å². The van der Waals surface area contributed by atoms with E-state index in [2.05, 4.69) is 0 Å². The van der Waals surface area contributed by atoms with Gasteiger partial charge in [-0.25, -0.2) is 5.06 Å². The summed E-state index contributed by atoms with van der Waals surface area (Å²) in [5.74, 6) is -0.901. The minimum atomic E-state index is -0.879. The van der Waals surface area contributed by atoms with E-state index in [1.54, 1.807) is 14.2 Å². The molecule has 1 aliphatic carbocycles. The molecule has 1 N–H and O–H groups in total. The lowest BCUT2D eigenvalue weighted by Crippen LogP contribution is -2.54. The molecule has 3 rings (SSSR count). The van der Waals surface area contributed by atoms with Crippen LogP contribution in [-0.2, 0) is 19.1 Å². The number of hydroxylamine groups is 2. The first-order chi connectivity index (χ1) is 12.4. The third-order valence-corrected chi connectivity index (χ3v) is 5.96. The van der Waals surface area contributed by atoms with Crippen molar-refractivity contribution < 1.29 is 24.2 Å². The van der Waals surface area contributed by atoms with E-state index in [0.717, 1.165) is 16.7 Å². The molecule has 0 atom stereocenters. The van der Waals surface area contributed by atoms with Gasteiger partial charge in [0.25, 0.3) is 5.91 Å². The van der Waals surface area contributed by atoms with Crippen LogP contribution in [-0.4, -0.2) is 48.7 Å². The summed E-state index contributed by atoms with van der Waals surface area (Å²) in [6, 6.07) is 5.83. The number of aliphatic hydroxyl groups is 1. The van der Waals surface area contributed by atoms with Crippen LogP contribution in [0.1, 0.15) is 42.4 Å². The molecule has 0 saturated heterocycles. The number of aliphatic hydroxyl groups excluding tert-OH is 1. The summed E-state index contributed by atoms with van der Waals surface area (Å²) in [4.78, 5) is 18.6. The van der Waals surface area contributed by atoms with Crippen LogP contribution in [0.5, 0.6) is 0 Å². The van der Waals surface area contributed by atoms with Crippen LogP contribution in [0.3, 0.4) is 0 Å². The fraction of sp³-hybridized carbons (Fsp3) is 0.550. The molecule has 0 radical (unpaired) electrons. The van der Waals surface area contributed by atoms with Gasteiger partial charge in [-0.15, -0.1) is 0 Å². The Kier molecular flexibility index (Phi) is 4.86. The molecule has 26 heavy (non-hydrogen) atoms. The Morgan fingerprint density at radius 2 is 1.54 bits per heavy atom. The molecule has 1 aromatic rings. The molecular formula is C20H27NO5. The zero-order valence-electron chi connectivity index (χ0n) is 16.1. The number of hydrogen-bond donors (Lipinski definition) is 1. The molecule has 1 aliphatic heterocycles. The quantitative estimate of drug-likeness (QED) is 0.834. The summed E-state index contributed by atoms with van der Waals surface area (Å²) in [7, 11) is 4.70. The van der Waals surface area contributed by atoms with Crippen LogP contribution in [0.4, 0.5) is 0 Å². The lowest BCUT2D eigenvalue weighted by Gasteiger charge is -2.45. The number of nitrogens with zero attached hydrogens (tertiary/aromatic N) is 1. The monoisotopic (exact) mass is 361 g/mol. The molecule has 1 spiro atoms. The molecule has 0 unspecified atom stereocenters. The maximum absolute atomic E-state index is 13.1. The smallest absolute Gasteiger partial charge is 0.282 e. The van der Waals surface area contributed by atoms with Crippen molar-refractivity contribution >= 4 is 11.5 Å². The van der Waals surface area contributed by atoms with Crippen molar-refractivity contribution in [2.75, 3.05) is 21.3 Å². The molecule has 6 nitrogen and oxygen atoms in total. The van der Waals surface area contributed by atoms with Gasteiger partial charge in [0.1, 0.15) is 11.3 Å². The van der Waals surface area contributed by atoms with Gasteiger partial charge in [0.2, 0.25) is 0 Å². The Hall–Kier alpha value is -1.89. The van der Waals surface area contributed by atoms with E-state index in [1.165, 1.54) is 12.2 Å². The number of rotatable bonds is 4. The van der Waals surface area contributed by atoms with Crippen molar-refractivity contribution in [3.05, 3.63) is 40.6 Å².